The number of unbranched alkanes of at least 4 members (excludes halogenated alkanes) is 16. The summed E-state index contributed by atoms with van der Waals surface area (Å²) >= 11 is 0. The predicted octanol–water partition coefficient (Wildman–Crippen LogP) is 8.12. The molecule has 0 aromatic heterocycles. The van der Waals surface area contributed by atoms with Crippen LogP contribution in [0.5, 0.6) is 0 Å². The minimum absolute atomic E-state index is 0.260. The molecule has 5 nitrogen and oxygen atoms in total. The van der Waals surface area contributed by atoms with Gasteiger partial charge >= 0.3 is 7.82 Å². The van der Waals surface area contributed by atoms with Crippen molar-refractivity contribution in [3.8, 4) is 0 Å². The number of rotatable bonds is 24. The van der Waals surface area contributed by atoms with Crippen LogP contribution in [-0.2, 0) is 13.6 Å². The van der Waals surface area contributed by atoms with Crippen molar-refractivity contribution in [2.45, 2.75) is 143 Å². The lowest BCUT2D eigenvalue weighted by atomic mass is 10.0. The fraction of sp³-hybridized carbons (Fsp3) is 1.00. The van der Waals surface area contributed by atoms with Crippen LogP contribution in [-0.4, -0.2) is 24.3 Å². The Bertz CT molecular complexity index is 395. The molecule has 2 N–H and O–H groups in total. The standard InChI is InChI=1S/C24H52NO4P/c1-4-6-8-9-10-11-12-13-14-15-16-17-18-19-20-21-22-25-24(3)29-30(26,27)28-23-7-5-2/h24-25H,4-23H2,1-3H3,(H,26,27). The molecule has 0 rings (SSSR count). The average Bonchev–Trinajstić information content (AvgIpc) is 2.70. The van der Waals surface area contributed by atoms with Crippen LogP contribution in [0.25, 0.3) is 0 Å². The van der Waals surface area contributed by atoms with Crippen molar-refractivity contribution < 1.29 is 18.5 Å². The summed E-state index contributed by atoms with van der Waals surface area (Å²) in [4.78, 5) is 9.63. The van der Waals surface area contributed by atoms with Gasteiger partial charge in [-0.2, -0.15) is 0 Å². The second kappa shape index (κ2) is 22.3. The molecule has 2 unspecified atom stereocenters. The highest BCUT2D eigenvalue weighted by Crippen LogP contribution is 2.44. The molecule has 0 saturated heterocycles. The molecule has 0 aromatic carbocycles. The Kier molecular flexibility index (Phi) is 22.3. The Labute approximate surface area is 187 Å². The molecule has 182 valence electrons. The quantitative estimate of drug-likeness (QED) is 0.0884. The van der Waals surface area contributed by atoms with Gasteiger partial charge in [-0.1, -0.05) is 117 Å². The van der Waals surface area contributed by atoms with E-state index in [0.717, 1.165) is 25.8 Å². The Hall–Kier alpha value is 0.0700. The topological polar surface area (TPSA) is 67.8 Å². The van der Waals surface area contributed by atoms with Crippen molar-refractivity contribution in [2.75, 3.05) is 13.2 Å². The van der Waals surface area contributed by atoms with Gasteiger partial charge in [-0.05, 0) is 26.3 Å². The smallest absolute Gasteiger partial charge is 0.302 e. The van der Waals surface area contributed by atoms with Crippen molar-refractivity contribution in [1.29, 1.82) is 0 Å². The molecule has 30 heavy (non-hydrogen) atoms. The van der Waals surface area contributed by atoms with Crippen LogP contribution in [0.2, 0.25) is 0 Å². The largest absolute Gasteiger partial charge is 0.473 e. The summed E-state index contributed by atoms with van der Waals surface area (Å²) in [6.07, 6.45) is 22.9. The van der Waals surface area contributed by atoms with Gasteiger partial charge in [-0.15, -0.1) is 0 Å². The lowest BCUT2D eigenvalue weighted by Crippen LogP contribution is -2.29. The Morgan fingerprint density at radius 3 is 1.53 bits per heavy atom. The molecular formula is C24H52NO4P. The van der Waals surface area contributed by atoms with Gasteiger partial charge in [0.25, 0.3) is 0 Å². The molecule has 0 aliphatic rings. The summed E-state index contributed by atoms with van der Waals surface area (Å²) in [5, 5.41) is 3.14. The minimum Gasteiger partial charge on any atom is -0.302 e. The maximum Gasteiger partial charge on any atom is 0.473 e. The summed E-state index contributed by atoms with van der Waals surface area (Å²) < 4.78 is 21.8. The zero-order chi connectivity index (χ0) is 22.3. The molecule has 0 heterocycles. The Balaban J connectivity index is 3.29. The van der Waals surface area contributed by atoms with E-state index in [1.54, 1.807) is 6.92 Å². The molecular weight excluding hydrogens is 397 g/mol. The number of phosphoric acid groups is 1. The van der Waals surface area contributed by atoms with Crippen molar-refractivity contribution in [2.24, 2.45) is 0 Å². The van der Waals surface area contributed by atoms with Crippen LogP contribution in [0.15, 0.2) is 0 Å². The molecule has 0 fully saturated rings. The number of hydrogen-bond acceptors (Lipinski definition) is 4. The van der Waals surface area contributed by atoms with Crippen LogP contribution in [0.1, 0.15) is 136 Å². The summed E-state index contributed by atoms with van der Waals surface area (Å²) in [6, 6.07) is 0. The molecule has 0 aliphatic carbocycles. The highest BCUT2D eigenvalue weighted by atomic mass is 31.2. The van der Waals surface area contributed by atoms with Crippen molar-refractivity contribution in [3.63, 3.8) is 0 Å². The fourth-order valence-corrected chi connectivity index (χ4v) is 4.47. The lowest BCUT2D eigenvalue weighted by Gasteiger charge is -2.18. The van der Waals surface area contributed by atoms with Crippen molar-refractivity contribution in [1.82, 2.24) is 5.32 Å². The summed E-state index contributed by atoms with van der Waals surface area (Å²) in [5.74, 6) is 0. The molecule has 0 aromatic rings. The van der Waals surface area contributed by atoms with E-state index in [9.17, 15) is 9.46 Å². The van der Waals surface area contributed by atoms with Gasteiger partial charge in [-0.25, -0.2) is 4.57 Å². The van der Waals surface area contributed by atoms with Crippen LogP contribution in [0.4, 0.5) is 0 Å². The third-order valence-corrected chi connectivity index (χ3v) is 6.60. The van der Waals surface area contributed by atoms with Crippen molar-refractivity contribution in [3.05, 3.63) is 0 Å². The SMILES string of the molecule is CCCCCCCCCCCCCCCCCCNC(C)OP(=O)(O)OCCCC. The van der Waals surface area contributed by atoms with Crippen molar-refractivity contribution >= 4 is 7.82 Å². The van der Waals surface area contributed by atoms with Gasteiger partial charge in [0.2, 0.25) is 0 Å². The minimum atomic E-state index is -3.93. The number of hydrogen-bond donors (Lipinski definition) is 2. The van der Waals surface area contributed by atoms with Gasteiger partial charge in [0.1, 0.15) is 6.23 Å². The first-order chi connectivity index (χ1) is 14.5. The second-order valence-corrected chi connectivity index (χ2v) is 10.1. The summed E-state index contributed by atoms with van der Waals surface area (Å²) in [7, 11) is -3.93. The normalized spacial score (nSPS) is 14.7. The first kappa shape index (κ1) is 30.1. The maximum atomic E-state index is 11.8. The Morgan fingerprint density at radius 1 is 0.700 bits per heavy atom. The zero-order valence-electron chi connectivity index (χ0n) is 20.3. The van der Waals surface area contributed by atoms with E-state index < -0.39 is 14.1 Å². The molecule has 0 amide bonds. The van der Waals surface area contributed by atoms with Crippen LogP contribution in [0.3, 0.4) is 0 Å². The maximum absolute atomic E-state index is 11.8. The molecule has 0 aliphatic heterocycles. The highest BCUT2D eigenvalue weighted by molar-refractivity contribution is 7.47. The van der Waals surface area contributed by atoms with E-state index in [-0.39, 0.29) is 6.61 Å². The first-order valence-electron chi connectivity index (χ1n) is 12.9. The van der Waals surface area contributed by atoms with Gasteiger partial charge < -0.3 is 4.89 Å². The van der Waals surface area contributed by atoms with E-state index in [4.69, 9.17) is 9.05 Å². The predicted molar refractivity (Wildman–Crippen MR) is 129 cm³/mol. The van der Waals surface area contributed by atoms with Gasteiger partial charge in [0, 0.05) is 0 Å². The van der Waals surface area contributed by atoms with E-state index in [0.29, 0.717) is 0 Å². The van der Waals surface area contributed by atoms with E-state index in [2.05, 4.69) is 12.2 Å². The summed E-state index contributed by atoms with van der Waals surface area (Å²) in [5.41, 5.74) is 0. The third kappa shape index (κ3) is 22.7. The molecule has 0 spiro atoms. The fourth-order valence-electron chi connectivity index (χ4n) is 3.57. The second-order valence-electron chi connectivity index (χ2n) is 8.66. The molecule has 6 heteroatoms. The molecule has 0 saturated carbocycles. The van der Waals surface area contributed by atoms with Gasteiger partial charge in [0.05, 0.1) is 6.61 Å². The summed E-state index contributed by atoms with van der Waals surface area (Å²) in [6.45, 7) is 7.09. The van der Waals surface area contributed by atoms with E-state index >= 15 is 0 Å². The van der Waals surface area contributed by atoms with Gasteiger partial charge in [0.15, 0.2) is 0 Å². The van der Waals surface area contributed by atoms with Crippen LogP contribution < -0.4 is 5.32 Å². The number of nitrogens with one attached hydrogen (secondary N) is 1. The zero-order valence-corrected chi connectivity index (χ0v) is 21.2. The lowest BCUT2D eigenvalue weighted by molar-refractivity contribution is 0.0945. The molecule has 0 bridgehead atoms. The molecule has 0 radical (unpaired) electrons. The van der Waals surface area contributed by atoms with Gasteiger partial charge in [-0.3, -0.25) is 14.4 Å². The monoisotopic (exact) mass is 449 g/mol. The Morgan fingerprint density at radius 2 is 1.10 bits per heavy atom. The average molecular weight is 450 g/mol. The van der Waals surface area contributed by atoms with Crippen LogP contribution >= 0.6 is 7.82 Å². The number of phosphoric ester groups is 1. The first-order valence-corrected chi connectivity index (χ1v) is 14.4. The highest BCUT2D eigenvalue weighted by Gasteiger charge is 2.23. The molecule has 2 atom stereocenters. The van der Waals surface area contributed by atoms with Crippen LogP contribution in [0, 0.1) is 0 Å². The van der Waals surface area contributed by atoms with E-state index in [1.165, 1.54) is 96.3 Å². The van der Waals surface area contributed by atoms with E-state index in [1.807, 2.05) is 6.92 Å². The third-order valence-electron chi connectivity index (χ3n) is 5.51.